The average molecular weight is 580 g/mol. The molecule has 214 valence electrons. The molecule has 0 amide bonds. The van der Waals surface area contributed by atoms with Gasteiger partial charge in [-0.1, -0.05) is 48.0 Å². The predicted octanol–water partition coefficient (Wildman–Crippen LogP) is 7.33. The van der Waals surface area contributed by atoms with Crippen LogP contribution in [0.3, 0.4) is 0 Å². The van der Waals surface area contributed by atoms with Crippen LogP contribution in [0.5, 0.6) is 11.5 Å². The smallest absolute Gasteiger partial charge is 0.307 e. The number of hydrogen-bond donors (Lipinski definition) is 2. The molecule has 7 nitrogen and oxygen atoms in total. The summed E-state index contributed by atoms with van der Waals surface area (Å²) < 4.78 is 26.6. The summed E-state index contributed by atoms with van der Waals surface area (Å²) in [7, 11) is 0. The molecule has 0 fully saturated rings. The van der Waals surface area contributed by atoms with Crippen LogP contribution in [-0.4, -0.2) is 39.9 Å². The molecule has 0 aliphatic rings. The Morgan fingerprint density at radius 1 is 0.902 bits per heavy atom. The van der Waals surface area contributed by atoms with E-state index >= 15 is 0 Å². The van der Waals surface area contributed by atoms with Gasteiger partial charge in [0.25, 0.3) is 0 Å². The molecule has 1 heterocycles. The lowest BCUT2D eigenvalue weighted by molar-refractivity contribution is -0.137. The van der Waals surface area contributed by atoms with Gasteiger partial charge in [0.15, 0.2) is 0 Å². The highest BCUT2D eigenvalue weighted by Gasteiger charge is 2.14. The maximum absolute atomic E-state index is 13.3. The van der Waals surface area contributed by atoms with Gasteiger partial charge in [0.1, 0.15) is 17.3 Å². The van der Waals surface area contributed by atoms with E-state index in [9.17, 15) is 19.1 Å². The van der Waals surface area contributed by atoms with E-state index in [-0.39, 0.29) is 12.8 Å². The fourth-order valence-corrected chi connectivity index (χ4v) is 4.69. The van der Waals surface area contributed by atoms with Crippen LogP contribution < -0.4 is 9.47 Å². The number of ether oxygens (including phenoxy) is 2. The van der Waals surface area contributed by atoms with Crippen LogP contribution in [-0.2, 0) is 22.6 Å². The molecule has 0 aliphatic carbocycles. The summed E-state index contributed by atoms with van der Waals surface area (Å²) in [6, 6.07) is 17.5. The second-order valence-electron chi connectivity index (χ2n) is 9.54. The second-order valence-corrected chi connectivity index (χ2v) is 9.95. The molecule has 4 aromatic rings. The van der Waals surface area contributed by atoms with Crippen LogP contribution in [0.4, 0.5) is 4.39 Å². The number of rotatable bonds is 15. The summed E-state index contributed by atoms with van der Waals surface area (Å²) in [6.07, 6.45) is 7.59. The maximum atomic E-state index is 13.3. The Morgan fingerprint density at radius 3 is 2.39 bits per heavy atom. The molecule has 0 spiro atoms. The van der Waals surface area contributed by atoms with Crippen molar-refractivity contribution in [2.24, 2.45) is 0 Å². The van der Waals surface area contributed by atoms with Crippen LogP contribution >= 0.6 is 11.6 Å². The van der Waals surface area contributed by atoms with Crippen molar-refractivity contribution in [3.63, 3.8) is 0 Å². The normalized spacial score (nSPS) is 11.3. The van der Waals surface area contributed by atoms with Crippen LogP contribution in [0.15, 0.2) is 66.9 Å². The van der Waals surface area contributed by atoms with Gasteiger partial charge in [-0.25, -0.2) is 4.39 Å². The monoisotopic (exact) mass is 579 g/mol. The van der Waals surface area contributed by atoms with Crippen molar-refractivity contribution in [3.8, 4) is 11.5 Å². The molecule has 0 bridgehead atoms. The molecule has 41 heavy (non-hydrogen) atoms. The molecule has 0 aliphatic heterocycles. The number of hydrogen-bond acceptors (Lipinski definition) is 4. The first kappa shape index (κ1) is 29.7. The van der Waals surface area contributed by atoms with Crippen molar-refractivity contribution >= 4 is 46.6 Å². The number of carboxylic acids is 2. The Balaban J connectivity index is 1.34. The first-order valence-electron chi connectivity index (χ1n) is 13.3. The fourth-order valence-electron chi connectivity index (χ4n) is 4.52. The van der Waals surface area contributed by atoms with Crippen molar-refractivity contribution in [2.45, 2.75) is 38.6 Å². The number of carboxylic acid groups (broad SMARTS) is 2. The van der Waals surface area contributed by atoms with Crippen molar-refractivity contribution in [2.75, 3.05) is 13.2 Å². The van der Waals surface area contributed by atoms with Gasteiger partial charge in [0.2, 0.25) is 0 Å². The Hall–Kier alpha value is -4.30. The Morgan fingerprint density at radius 2 is 1.66 bits per heavy atom. The minimum atomic E-state index is -0.924. The molecular formula is C32H31ClFNO6. The summed E-state index contributed by atoms with van der Waals surface area (Å²) in [4.78, 5) is 22.4. The molecule has 1 aromatic heterocycles. The lowest BCUT2D eigenvalue weighted by Gasteiger charge is -2.09. The number of fused-ring (bicyclic) bond motifs is 1. The number of aryl methyl sites for hydroxylation is 1. The van der Waals surface area contributed by atoms with Crippen molar-refractivity contribution in [1.29, 1.82) is 0 Å². The van der Waals surface area contributed by atoms with E-state index in [1.807, 2.05) is 65.4 Å². The Kier molecular flexibility index (Phi) is 10.4. The number of nitrogens with zero attached hydrogens (tertiary/aromatic N) is 1. The van der Waals surface area contributed by atoms with Gasteiger partial charge in [-0.2, -0.15) is 0 Å². The highest BCUT2D eigenvalue weighted by molar-refractivity contribution is 6.32. The molecule has 0 saturated carbocycles. The minimum absolute atomic E-state index is 0.0492. The molecule has 0 saturated heterocycles. The van der Waals surface area contributed by atoms with E-state index < -0.39 is 17.8 Å². The topological polar surface area (TPSA) is 98.0 Å². The number of benzene rings is 3. The first-order chi connectivity index (χ1) is 19.8. The average Bonchev–Trinajstić information content (AvgIpc) is 3.28. The minimum Gasteiger partial charge on any atom is -0.494 e. The van der Waals surface area contributed by atoms with Gasteiger partial charge in [0.05, 0.1) is 24.7 Å². The molecule has 0 unspecified atom stereocenters. The summed E-state index contributed by atoms with van der Waals surface area (Å²) in [5, 5.41) is 19.6. The van der Waals surface area contributed by atoms with Crippen LogP contribution in [0.1, 0.15) is 42.4 Å². The molecule has 9 heteroatoms. The van der Waals surface area contributed by atoms with Crippen molar-refractivity contribution in [3.05, 3.63) is 94.4 Å². The number of halogens is 2. The summed E-state index contributed by atoms with van der Waals surface area (Å²) in [5.74, 6) is -1.10. The Labute approximate surface area is 242 Å². The number of aromatic nitrogens is 1. The second kappa shape index (κ2) is 14.4. The van der Waals surface area contributed by atoms with E-state index in [2.05, 4.69) is 0 Å². The van der Waals surface area contributed by atoms with Gasteiger partial charge in [0, 0.05) is 36.1 Å². The van der Waals surface area contributed by atoms with E-state index in [0.29, 0.717) is 42.5 Å². The lowest BCUT2D eigenvalue weighted by Crippen LogP contribution is -2.03. The van der Waals surface area contributed by atoms with E-state index in [4.69, 9.17) is 26.2 Å². The van der Waals surface area contributed by atoms with Gasteiger partial charge >= 0.3 is 11.9 Å². The summed E-state index contributed by atoms with van der Waals surface area (Å²) in [6.45, 7) is 1.40. The van der Waals surface area contributed by atoms with Gasteiger partial charge < -0.3 is 24.3 Å². The van der Waals surface area contributed by atoms with Crippen molar-refractivity contribution in [1.82, 2.24) is 4.57 Å². The van der Waals surface area contributed by atoms with Crippen LogP contribution in [0.25, 0.3) is 23.1 Å². The largest absolute Gasteiger partial charge is 0.494 e. The highest BCUT2D eigenvalue weighted by Crippen LogP contribution is 2.28. The third kappa shape index (κ3) is 8.59. The SMILES string of the molecule is O=C(O)CCCn1cc(CC(=O)O)c2c(C=Cc3ccc(OCCCCOc4cc(F)ccc4Cl)cc3)cccc21. The van der Waals surface area contributed by atoms with Crippen molar-refractivity contribution < 1.29 is 33.7 Å². The predicted molar refractivity (Wildman–Crippen MR) is 157 cm³/mol. The number of carbonyl (C=O) groups is 2. The molecule has 0 atom stereocenters. The lowest BCUT2D eigenvalue weighted by atomic mass is 10.0. The van der Waals surface area contributed by atoms with E-state index in [1.54, 1.807) is 0 Å². The zero-order valence-electron chi connectivity index (χ0n) is 22.4. The zero-order valence-corrected chi connectivity index (χ0v) is 23.1. The van der Waals surface area contributed by atoms with Crippen LogP contribution in [0.2, 0.25) is 5.02 Å². The fraction of sp³-hybridized carbons (Fsp3) is 0.250. The standard InChI is InChI=1S/C32H31ClFNO6/c33-27-15-12-25(34)20-29(27)41-18-2-1-17-40-26-13-9-22(10-14-26)8-11-23-5-3-6-28-32(23)24(19-31(38)39)21-35(28)16-4-7-30(36)37/h3,5-6,8-15,20-21H,1-2,4,7,16-19H2,(H,36,37)(H,38,39). The molecule has 4 rings (SSSR count). The maximum Gasteiger partial charge on any atom is 0.307 e. The third-order valence-corrected chi connectivity index (χ3v) is 6.75. The van der Waals surface area contributed by atoms with Gasteiger partial charge in [-0.3, -0.25) is 9.59 Å². The molecule has 3 aromatic carbocycles. The molecular weight excluding hydrogens is 549 g/mol. The van der Waals surface area contributed by atoms with E-state index in [1.165, 1.54) is 18.2 Å². The summed E-state index contributed by atoms with van der Waals surface area (Å²) in [5.41, 5.74) is 3.41. The first-order valence-corrected chi connectivity index (χ1v) is 13.7. The molecule has 0 radical (unpaired) electrons. The third-order valence-electron chi connectivity index (χ3n) is 6.44. The van der Waals surface area contributed by atoms with Gasteiger partial charge in [-0.05, 0) is 66.3 Å². The highest BCUT2D eigenvalue weighted by atomic mass is 35.5. The van der Waals surface area contributed by atoms with E-state index in [0.717, 1.165) is 40.6 Å². The number of aliphatic carboxylic acids is 2. The zero-order chi connectivity index (χ0) is 29.2. The van der Waals surface area contributed by atoms with Gasteiger partial charge in [-0.15, -0.1) is 0 Å². The van der Waals surface area contributed by atoms with Crippen LogP contribution in [0, 0.1) is 5.82 Å². The summed E-state index contributed by atoms with van der Waals surface area (Å²) >= 11 is 6.00. The number of unbranched alkanes of at least 4 members (excludes halogenated alkanes) is 1. The molecule has 2 N–H and O–H groups in total. The Bertz CT molecular complexity index is 1530. The quantitative estimate of drug-likeness (QED) is 0.113.